The Hall–Kier alpha value is -3.92. The predicted octanol–water partition coefficient (Wildman–Crippen LogP) is 1.82. The summed E-state index contributed by atoms with van der Waals surface area (Å²) < 4.78 is 26.6. The van der Waals surface area contributed by atoms with Crippen LogP contribution in [0.5, 0.6) is 23.0 Å². The molecule has 0 saturated heterocycles. The molecule has 10 nitrogen and oxygen atoms in total. The minimum Gasteiger partial charge on any atom is -0.493 e. The number of hydrogen-bond acceptors (Lipinski definition) is 8. The molecule has 4 aromatic rings. The van der Waals surface area contributed by atoms with Gasteiger partial charge in [-0.1, -0.05) is 0 Å². The van der Waals surface area contributed by atoms with E-state index in [9.17, 15) is 5.11 Å². The van der Waals surface area contributed by atoms with Gasteiger partial charge in [-0.15, -0.1) is 5.10 Å². The van der Waals surface area contributed by atoms with E-state index in [1.807, 2.05) is 12.1 Å². The van der Waals surface area contributed by atoms with Crippen molar-refractivity contribution in [1.82, 2.24) is 20.2 Å². The second-order valence-corrected chi connectivity index (χ2v) is 8.44. The molecular weight excluding hydrogens is 438 g/mol. The fourth-order valence-electron chi connectivity index (χ4n) is 4.56. The summed E-state index contributed by atoms with van der Waals surface area (Å²) in [6.07, 6.45) is 2.19. The molecule has 1 unspecified atom stereocenters. The van der Waals surface area contributed by atoms with E-state index in [-0.39, 0.29) is 19.9 Å². The maximum absolute atomic E-state index is 10.5. The lowest BCUT2D eigenvalue weighted by atomic mass is 9.95. The van der Waals surface area contributed by atoms with Gasteiger partial charge in [0, 0.05) is 12.5 Å². The van der Waals surface area contributed by atoms with Gasteiger partial charge in [0.2, 0.25) is 12.5 Å². The lowest BCUT2D eigenvalue weighted by Crippen LogP contribution is -2.40. The summed E-state index contributed by atoms with van der Waals surface area (Å²) in [5.41, 5.74) is 3.50. The zero-order valence-corrected chi connectivity index (χ0v) is 18.9. The van der Waals surface area contributed by atoms with Crippen LogP contribution < -0.4 is 23.5 Å². The fourth-order valence-corrected chi connectivity index (χ4v) is 4.56. The van der Waals surface area contributed by atoms with Gasteiger partial charge in [-0.05, 0) is 52.6 Å². The molecule has 6 rings (SSSR count). The highest BCUT2D eigenvalue weighted by molar-refractivity contribution is 5.91. The lowest BCUT2D eigenvalue weighted by molar-refractivity contribution is -0.686. The standard InChI is InChI=1S/C24H24N5O5/c1-14-25-26-27-29(14)10-17(30)12-32-24-19-11-28-6-5-16-8-22-23(34-13-33-22)9-18(16)20(28)7-15(19)3-4-21(24)31-2/h3-4,7-9,11,17,30H,5-6,10,12-13H2,1-2H3/q+1. The second kappa shape index (κ2) is 8.14. The molecule has 174 valence electrons. The molecule has 0 spiro atoms. The Bertz CT molecular complexity index is 1400. The van der Waals surface area contributed by atoms with Crippen molar-refractivity contribution in [2.75, 3.05) is 20.5 Å². The van der Waals surface area contributed by atoms with E-state index in [4.69, 9.17) is 18.9 Å². The minimum absolute atomic E-state index is 0.0723. The van der Waals surface area contributed by atoms with Crippen LogP contribution in [0.1, 0.15) is 11.4 Å². The Kier molecular flexibility index (Phi) is 4.95. The number of aliphatic hydroxyl groups is 1. The molecule has 0 bridgehead atoms. The van der Waals surface area contributed by atoms with Crippen LogP contribution in [0.4, 0.5) is 0 Å². The van der Waals surface area contributed by atoms with Gasteiger partial charge in [0.15, 0.2) is 35.7 Å². The monoisotopic (exact) mass is 462 g/mol. The zero-order chi connectivity index (χ0) is 23.2. The Morgan fingerprint density at radius 3 is 2.85 bits per heavy atom. The smallest absolute Gasteiger partial charge is 0.231 e. The van der Waals surface area contributed by atoms with Gasteiger partial charge in [0.25, 0.3) is 0 Å². The van der Waals surface area contributed by atoms with Crippen molar-refractivity contribution >= 4 is 10.8 Å². The number of ether oxygens (including phenoxy) is 4. The molecule has 0 amide bonds. The molecule has 0 fully saturated rings. The van der Waals surface area contributed by atoms with Crippen LogP contribution in [0.3, 0.4) is 0 Å². The summed E-state index contributed by atoms with van der Waals surface area (Å²) in [4.78, 5) is 0. The van der Waals surface area contributed by atoms with Crippen LogP contribution >= 0.6 is 0 Å². The highest BCUT2D eigenvalue weighted by Crippen LogP contribution is 2.41. The van der Waals surface area contributed by atoms with Crippen LogP contribution in [0, 0.1) is 6.92 Å². The van der Waals surface area contributed by atoms with Crippen molar-refractivity contribution in [2.45, 2.75) is 32.5 Å². The molecule has 1 N–H and O–H groups in total. The Morgan fingerprint density at radius 2 is 2.06 bits per heavy atom. The van der Waals surface area contributed by atoms with Crippen molar-refractivity contribution in [1.29, 1.82) is 0 Å². The van der Waals surface area contributed by atoms with Gasteiger partial charge in [0.05, 0.1) is 24.6 Å². The summed E-state index contributed by atoms with van der Waals surface area (Å²) >= 11 is 0. The number of fused-ring (bicyclic) bond motifs is 5. The normalized spacial score (nSPS) is 14.6. The average Bonchev–Trinajstić information content (AvgIpc) is 3.48. The van der Waals surface area contributed by atoms with Crippen molar-refractivity contribution in [3.05, 3.63) is 47.9 Å². The number of tetrazole rings is 1. The van der Waals surface area contributed by atoms with Crippen LogP contribution in [0.2, 0.25) is 0 Å². The zero-order valence-electron chi connectivity index (χ0n) is 18.9. The number of benzene rings is 2. The van der Waals surface area contributed by atoms with Crippen molar-refractivity contribution in [2.24, 2.45) is 0 Å². The molecule has 4 heterocycles. The Morgan fingerprint density at radius 1 is 1.21 bits per heavy atom. The summed E-state index contributed by atoms with van der Waals surface area (Å²) in [7, 11) is 1.61. The van der Waals surface area contributed by atoms with E-state index < -0.39 is 6.10 Å². The molecule has 10 heteroatoms. The summed E-state index contributed by atoms with van der Waals surface area (Å²) in [5.74, 6) is 3.42. The van der Waals surface area contributed by atoms with E-state index in [1.54, 1.807) is 18.7 Å². The van der Waals surface area contributed by atoms with Gasteiger partial charge in [-0.3, -0.25) is 0 Å². The molecule has 2 aliphatic rings. The van der Waals surface area contributed by atoms with Crippen molar-refractivity contribution in [3.63, 3.8) is 0 Å². The van der Waals surface area contributed by atoms with E-state index in [1.165, 1.54) is 5.56 Å². The summed E-state index contributed by atoms with van der Waals surface area (Å²) in [5, 5.41) is 23.8. The number of nitrogens with zero attached hydrogens (tertiary/aromatic N) is 5. The second-order valence-electron chi connectivity index (χ2n) is 8.44. The van der Waals surface area contributed by atoms with Gasteiger partial charge in [0.1, 0.15) is 18.5 Å². The quantitative estimate of drug-likeness (QED) is 0.433. The first-order chi connectivity index (χ1) is 16.6. The number of aromatic nitrogens is 5. The summed E-state index contributed by atoms with van der Waals surface area (Å²) in [6.45, 7) is 3.18. The first-order valence-electron chi connectivity index (χ1n) is 11.1. The number of rotatable bonds is 6. The topological polar surface area (TPSA) is 105 Å². The molecule has 0 saturated carbocycles. The number of methoxy groups -OCH3 is 1. The molecule has 34 heavy (non-hydrogen) atoms. The van der Waals surface area contributed by atoms with Crippen LogP contribution in [0.15, 0.2) is 36.5 Å². The third-order valence-corrected chi connectivity index (χ3v) is 6.31. The minimum atomic E-state index is -0.788. The molecule has 2 aliphatic heterocycles. The number of aryl methyl sites for hydroxylation is 3. The van der Waals surface area contributed by atoms with E-state index in [2.05, 4.69) is 44.5 Å². The van der Waals surface area contributed by atoms with Crippen molar-refractivity contribution < 1.29 is 28.6 Å². The SMILES string of the molecule is COc1ccc2cc3[n+](cc2c1OCC(O)Cn1nnnc1C)CCc1cc2c(cc1-3)OCO2. The number of pyridine rings is 1. The molecule has 0 radical (unpaired) electrons. The average molecular weight is 462 g/mol. The summed E-state index contributed by atoms with van der Waals surface area (Å²) in [6, 6.07) is 10.2. The van der Waals surface area contributed by atoms with Gasteiger partial charge in [-0.25, -0.2) is 4.68 Å². The number of aliphatic hydroxyl groups excluding tert-OH is 1. The lowest BCUT2D eigenvalue weighted by Gasteiger charge is -2.19. The Balaban J connectivity index is 1.35. The van der Waals surface area contributed by atoms with Crippen LogP contribution in [0.25, 0.3) is 22.0 Å². The molecule has 0 aliphatic carbocycles. The fraction of sp³-hybridized carbons (Fsp3) is 0.333. The molecule has 1 atom stereocenters. The third-order valence-electron chi connectivity index (χ3n) is 6.31. The van der Waals surface area contributed by atoms with Gasteiger partial charge < -0.3 is 24.1 Å². The van der Waals surface area contributed by atoms with Crippen LogP contribution in [-0.4, -0.2) is 51.9 Å². The maximum Gasteiger partial charge on any atom is 0.231 e. The third kappa shape index (κ3) is 3.47. The van der Waals surface area contributed by atoms with E-state index in [0.717, 1.165) is 46.5 Å². The first-order valence-corrected chi connectivity index (χ1v) is 11.1. The molecular formula is C24H24N5O5+. The van der Waals surface area contributed by atoms with Crippen LogP contribution in [-0.2, 0) is 19.5 Å². The van der Waals surface area contributed by atoms with E-state index >= 15 is 0 Å². The van der Waals surface area contributed by atoms with Crippen molar-refractivity contribution in [3.8, 4) is 34.3 Å². The highest BCUT2D eigenvalue weighted by atomic mass is 16.7. The highest BCUT2D eigenvalue weighted by Gasteiger charge is 2.28. The number of hydrogen-bond donors (Lipinski definition) is 1. The molecule has 2 aromatic carbocycles. The Labute approximate surface area is 195 Å². The van der Waals surface area contributed by atoms with Gasteiger partial charge in [-0.2, -0.15) is 4.57 Å². The molecule has 2 aromatic heterocycles. The maximum atomic E-state index is 10.5. The largest absolute Gasteiger partial charge is 0.493 e. The van der Waals surface area contributed by atoms with Gasteiger partial charge >= 0.3 is 0 Å². The predicted molar refractivity (Wildman–Crippen MR) is 120 cm³/mol. The first kappa shape index (κ1) is 20.7. The van der Waals surface area contributed by atoms with E-state index in [0.29, 0.717) is 17.3 Å².